The van der Waals surface area contributed by atoms with Gasteiger partial charge in [0.15, 0.2) is 0 Å². The minimum Gasteiger partial charge on any atom is -0.347 e. The van der Waals surface area contributed by atoms with Crippen LogP contribution in [0.3, 0.4) is 0 Å². The molecule has 0 unspecified atom stereocenters. The van der Waals surface area contributed by atoms with Gasteiger partial charge in [0.25, 0.3) is 0 Å². The molecule has 1 N–H and O–H groups in total. The predicted molar refractivity (Wildman–Crippen MR) is 84.2 cm³/mol. The summed E-state index contributed by atoms with van der Waals surface area (Å²) in [4.78, 5) is 12.4. The predicted octanol–water partition coefficient (Wildman–Crippen LogP) is 4.93. The maximum atomic E-state index is 12.4. The Hall–Kier alpha value is -0.730. The van der Waals surface area contributed by atoms with E-state index >= 15 is 0 Å². The van der Waals surface area contributed by atoms with E-state index in [9.17, 15) is 4.79 Å². The largest absolute Gasteiger partial charge is 0.347 e. The average Bonchev–Trinajstić information content (AvgIpc) is 2.38. The Morgan fingerprint density at radius 2 is 1.85 bits per heavy atom. The van der Waals surface area contributed by atoms with Gasteiger partial charge in [-0.25, -0.2) is 0 Å². The Bertz CT molecular complexity index is 493. The molecule has 1 fully saturated rings. The second kappa shape index (κ2) is 6.36. The summed E-state index contributed by atoms with van der Waals surface area (Å²) in [7, 11) is 0. The number of carbonyl (C=O) groups is 1. The fraction of sp³-hybridized carbons (Fsp3) is 0.562. The summed E-state index contributed by atoms with van der Waals surface area (Å²) in [5.41, 5.74) is 0.406. The minimum atomic E-state index is -0.490. The second-order valence-electron chi connectivity index (χ2n) is 6.07. The van der Waals surface area contributed by atoms with Gasteiger partial charge < -0.3 is 5.32 Å². The fourth-order valence-electron chi connectivity index (χ4n) is 2.84. The number of benzene rings is 1. The van der Waals surface area contributed by atoms with Crippen molar-refractivity contribution >= 4 is 29.1 Å². The third kappa shape index (κ3) is 3.67. The van der Waals surface area contributed by atoms with Gasteiger partial charge in [-0.05, 0) is 44.4 Å². The van der Waals surface area contributed by atoms with Crippen molar-refractivity contribution in [1.82, 2.24) is 5.32 Å². The number of rotatable bonds is 3. The van der Waals surface area contributed by atoms with Gasteiger partial charge in [-0.1, -0.05) is 48.5 Å². The van der Waals surface area contributed by atoms with Crippen LogP contribution in [0.1, 0.15) is 51.5 Å². The zero-order valence-corrected chi connectivity index (χ0v) is 13.5. The first-order chi connectivity index (χ1) is 9.40. The van der Waals surface area contributed by atoms with Crippen LogP contribution >= 0.6 is 23.2 Å². The molecule has 0 aliphatic heterocycles. The molecule has 0 bridgehead atoms. The number of carbonyl (C=O) groups excluding carboxylic acids is 1. The lowest BCUT2D eigenvalue weighted by molar-refractivity contribution is -0.127. The maximum Gasteiger partial charge on any atom is 0.223 e. The molecule has 2 rings (SSSR count). The first-order valence-corrected chi connectivity index (χ1v) is 7.93. The number of amides is 1. The first kappa shape index (κ1) is 15.7. The zero-order chi connectivity index (χ0) is 14.8. The van der Waals surface area contributed by atoms with Gasteiger partial charge in [-0.15, -0.1) is 0 Å². The van der Waals surface area contributed by atoms with E-state index in [1.807, 2.05) is 19.9 Å². The van der Waals surface area contributed by atoms with Gasteiger partial charge in [0.05, 0.1) is 5.54 Å². The highest BCUT2D eigenvalue weighted by Gasteiger charge is 2.29. The molecule has 4 heteroatoms. The molecule has 20 heavy (non-hydrogen) atoms. The Balaban J connectivity index is 2.11. The molecule has 1 aromatic carbocycles. The van der Waals surface area contributed by atoms with Gasteiger partial charge in [0, 0.05) is 16.0 Å². The summed E-state index contributed by atoms with van der Waals surface area (Å²) < 4.78 is 0. The molecule has 1 aromatic rings. The lowest BCUT2D eigenvalue weighted by Gasteiger charge is -2.31. The van der Waals surface area contributed by atoms with Crippen molar-refractivity contribution in [3.05, 3.63) is 33.8 Å². The molecular formula is C16H21Cl2NO. The van der Waals surface area contributed by atoms with E-state index in [0.29, 0.717) is 10.0 Å². The number of hydrogen-bond acceptors (Lipinski definition) is 1. The van der Waals surface area contributed by atoms with Crippen molar-refractivity contribution in [2.24, 2.45) is 5.92 Å². The topological polar surface area (TPSA) is 29.1 Å². The molecule has 110 valence electrons. The molecule has 0 heterocycles. The summed E-state index contributed by atoms with van der Waals surface area (Å²) in [5.74, 6) is 0.287. The monoisotopic (exact) mass is 313 g/mol. The highest BCUT2D eigenvalue weighted by atomic mass is 35.5. The normalized spacial score (nSPS) is 17.0. The van der Waals surface area contributed by atoms with Crippen LogP contribution in [0.25, 0.3) is 0 Å². The lowest BCUT2D eigenvalue weighted by atomic mass is 9.87. The van der Waals surface area contributed by atoms with Gasteiger partial charge in [-0.3, -0.25) is 4.79 Å². The molecule has 0 aromatic heterocycles. The van der Waals surface area contributed by atoms with E-state index in [0.717, 1.165) is 31.2 Å². The molecule has 0 spiro atoms. The van der Waals surface area contributed by atoms with E-state index in [2.05, 4.69) is 5.32 Å². The van der Waals surface area contributed by atoms with Gasteiger partial charge in [-0.2, -0.15) is 0 Å². The van der Waals surface area contributed by atoms with Crippen LogP contribution < -0.4 is 5.32 Å². The zero-order valence-electron chi connectivity index (χ0n) is 12.0. The van der Waals surface area contributed by atoms with Crippen LogP contribution in [0.2, 0.25) is 10.0 Å². The SMILES string of the molecule is CC(C)(NC(=O)C1CCCCC1)c1ccc(Cl)cc1Cl. The molecule has 2 nitrogen and oxygen atoms in total. The van der Waals surface area contributed by atoms with Gasteiger partial charge in [0.2, 0.25) is 5.91 Å². The summed E-state index contributed by atoms with van der Waals surface area (Å²) in [5, 5.41) is 4.33. The second-order valence-corrected chi connectivity index (χ2v) is 6.92. The molecule has 0 atom stereocenters. The smallest absolute Gasteiger partial charge is 0.223 e. The molecule has 0 saturated heterocycles. The molecule has 1 aliphatic rings. The molecule has 1 aliphatic carbocycles. The van der Waals surface area contributed by atoms with Crippen LogP contribution in [-0.4, -0.2) is 5.91 Å². The van der Waals surface area contributed by atoms with Crippen LogP contribution in [-0.2, 0) is 10.3 Å². The van der Waals surface area contributed by atoms with Gasteiger partial charge >= 0.3 is 0 Å². The van der Waals surface area contributed by atoms with Crippen molar-refractivity contribution in [3.8, 4) is 0 Å². The summed E-state index contributed by atoms with van der Waals surface area (Å²) in [6.45, 7) is 3.95. The number of halogens is 2. The van der Waals surface area contributed by atoms with E-state index in [1.165, 1.54) is 6.42 Å². The highest BCUT2D eigenvalue weighted by molar-refractivity contribution is 6.35. The lowest BCUT2D eigenvalue weighted by Crippen LogP contribution is -2.44. The van der Waals surface area contributed by atoms with Crippen LogP contribution in [0.5, 0.6) is 0 Å². The van der Waals surface area contributed by atoms with Crippen LogP contribution in [0, 0.1) is 5.92 Å². The Labute approximate surface area is 130 Å². The fourth-order valence-corrected chi connectivity index (χ4v) is 3.48. The number of nitrogens with one attached hydrogen (secondary N) is 1. The first-order valence-electron chi connectivity index (χ1n) is 7.18. The van der Waals surface area contributed by atoms with E-state index in [4.69, 9.17) is 23.2 Å². The van der Waals surface area contributed by atoms with Gasteiger partial charge in [0.1, 0.15) is 0 Å². The molecule has 1 saturated carbocycles. The Kier molecular flexibility index (Phi) is 4.98. The number of hydrogen-bond donors (Lipinski definition) is 1. The van der Waals surface area contributed by atoms with Crippen LogP contribution in [0.4, 0.5) is 0 Å². The Morgan fingerprint density at radius 1 is 1.20 bits per heavy atom. The summed E-state index contributed by atoms with van der Waals surface area (Å²) in [6.07, 6.45) is 5.54. The van der Waals surface area contributed by atoms with E-state index in [-0.39, 0.29) is 11.8 Å². The molecule has 0 radical (unpaired) electrons. The molecular weight excluding hydrogens is 293 g/mol. The minimum absolute atomic E-state index is 0.140. The standard InChI is InChI=1S/C16H21Cl2NO/c1-16(2,13-9-8-12(17)10-14(13)18)19-15(20)11-6-4-3-5-7-11/h8-11H,3-7H2,1-2H3,(H,19,20). The summed E-state index contributed by atoms with van der Waals surface area (Å²) in [6, 6.07) is 5.40. The quantitative estimate of drug-likeness (QED) is 0.842. The van der Waals surface area contributed by atoms with Crippen LogP contribution in [0.15, 0.2) is 18.2 Å². The van der Waals surface area contributed by atoms with Crippen molar-refractivity contribution < 1.29 is 4.79 Å². The van der Waals surface area contributed by atoms with Crippen molar-refractivity contribution in [3.63, 3.8) is 0 Å². The third-order valence-corrected chi connectivity index (χ3v) is 4.56. The maximum absolute atomic E-state index is 12.4. The third-order valence-electron chi connectivity index (χ3n) is 4.02. The van der Waals surface area contributed by atoms with E-state index < -0.39 is 5.54 Å². The van der Waals surface area contributed by atoms with E-state index in [1.54, 1.807) is 12.1 Å². The van der Waals surface area contributed by atoms with Crippen molar-refractivity contribution in [1.29, 1.82) is 0 Å². The summed E-state index contributed by atoms with van der Waals surface area (Å²) >= 11 is 12.2. The van der Waals surface area contributed by atoms with Crippen molar-refractivity contribution in [2.75, 3.05) is 0 Å². The Morgan fingerprint density at radius 3 is 2.45 bits per heavy atom. The highest BCUT2D eigenvalue weighted by Crippen LogP contribution is 2.31. The average molecular weight is 314 g/mol. The van der Waals surface area contributed by atoms with Crippen molar-refractivity contribution in [2.45, 2.75) is 51.5 Å². The molecule has 1 amide bonds.